The molecule has 3 rings (SSSR count). The van der Waals surface area contributed by atoms with E-state index >= 15 is 0 Å². The summed E-state index contributed by atoms with van der Waals surface area (Å²) in [5, 5.41) is 1.10. The van der Waals surface area contributed by atoms with Crippen LogP contribution in [0.5, 0.6) is 0 Å². The third kappa shape index (κ3) is 2.60. The molecule has 1 amide bonds. The Hall–Kier alpha value is -2.56. The topological polar surface area (TPSA) is 62.4 Å². The molecule has 1 aliphatic heterocycles. The van der Waals surface area contributed by atoms with Gasteiger partial charge in [0.2, 0.25) is 5.91 Å². The van der Waals surface area contributed by atoms with Crippen molar-refractivity contribution in [2.45, 2.75) is 39.3 Å². The number of rotatable bonds is 2. The lowest BCUT2D eigenvalue weighted by atomic mass is 9.98. The number of nitrogens with zero attached hydrogens (tertiary/aromatic N) is 1. The summed E-state index contributed by atoms with van der Waals surface area (Å²) in [6.45, 7) is 5.49. The van der Waals surface area contributed by atoms with Gasteiger partial charge in [-0.1, -0.05) is 23.8 Å². The van der Waals surface area contributed by atoms with Crippen LogP contribution in [0.25, 0.3) is 10.9 Å². The molecule has 126 valence electrons. The zero-order valence-electron chi connectivity index (χ0n) is 14.4. The quantitative estimate of drug-likeness (QED) is 0.681. The molecule has 0 radical (unpaired) electrons. The van der Waals surface area contributed by atoms with Crippen molar-refractivity contribution in [3.63, 3.8) is 0 Å². The Balaban J connectivity index is 2.29. The van der Waals surface area contributed by atoms with E-state index in [4.69, 9.17) is 4.74 Å². The van der Waals surface area contributed by atoms with Crippen LogP contribution in [-0.2, 0) is 20.7 Å². The normalized spacial score (nSPS) is 19.8. The molecule has 0 spiro atoms. The Morgan fingerprint density at radius 1 is 1.29 bits per heavy atom. The van der Waals surface area contributed by atoms with Gasteiger partial charge in [-0.15, -0.1) is 0 Å². The molecule has 1 aromatic heterocycles. The van der Waals surface area contributed by atoms with E-state index < -0.39 is 6.04 Å². The number of nitrogens with one attached hydrogen (secondary N) is 1. The van der Waals surface area contributed by atoms with Crippen LogP contribution in [0.15, 0.2) is 36.0 Å². The van der Waals surface area contributed by atoms with E-state index in [1.54, 1.807) is 4.90 Å². The second kappa shape index (κ2) is 6.15. The van der Waals surface area contributed by atoms with Gasteiger partial charge in [0.15, 0.2) is 0 Å². The molecule has 5 heteroatoms. The van der Waals surface area contributed by atoms with E-state index in [-0.39, 0.29) is 17.9 Å². The van der Waals surface area contributed by atoms with E-state index in [1.165, 1.54) is 14.0 Å². The first-order valence-corrected chi connectivity index (χ1v) is 8.04. The summed E-state index contributed by atoms with van der Waals surface area (Å²) in [5.74, 6) is -0.529. The molecular weight excluding hydrogens is 304 g/mol. The third-order valence-corrected chi connectivity index (χ3v) is 4.52. The standard InChI is InChI=1S/C19H22N2O3/c1-11(2)8-16-14-6-5-7-15-18(14)13(10-20-15)9-17(19(23)24-4)21(16)12(3)22/h5-8,10,16-17,20H,9H2,1-4H3/t16?,17-/m0/s1. The number of benzene rings is 1. The van der Waals surface area contributed by atoms with E-state index in [0.29, 0.717) is 6.42 Å². The largest absolute Gasteiger partial charge is 0.467 e. The van der Waals surface area contributed by atoms with E-state index in [9.17, 15) is 9.59 Å². The number of methoxy groups -OCH3 is 1. The molecule has 1 aromatic carbocycles. The first-order valence-electron chi connectivity index (χ1n) is 8.04. The van der Waals surface area contributed by atoms with Gasteiger partial charge in [-0.05, 0) is 31.0 Å². The van der Waals surface area contributed by atoms with Crippen LogP contribution >= 0.6 is 0 Å². The first kappa shape index (κ1) is 16.3. The summed E-state index contributed by atoms with van der Waals surface area (Å²) < 4.78 is 4.99. The summed E-state index contributed by atoms with van der Waals surface area (Å²) in [5.41, 5.74) is 4.17. The number of aromatic amines is 1. The highest BCUT2D eigenvalue weighted by molar-refractivity contribution is 5.92. The predicted octanol–water partition coefficient (Wildman–Crippen LogP) is 3.12. The summed E-state index contributed by atoms with van der Waals surface area (Å²) in [7, 11) is 1.36. The lowest BCUT2D eigenvalue weighted by Crippen LogP contribution is -2.46. The second-order valence-electron chi connectivity index (χ2n) is 6.44. The second-order valence-corrected chi connectivity index (χ2v) is 6.44. The molecule has 0 saturated carbocycles. The van der Waals surface area contributed by atoms with Crippen molar-refractivity contribution < 1.29 is 14.3 Å². The highest BCUT2D eigenvalue weighted by atomic mass is 16.5. The van der Waals surface area contributed by atoms with E-state index in [0.717, 1.165) is 27.6 Å². The average Bonchev–Trinajstić information content (AvgIpc) is 2.88. The minimum atomic E-state index is -0.639. The molecule has 24 heavy (non-hydrogen) atoms. The zero-order chi connectivity index (χ0) is 17.4. The van der Waals surface area contributed by atoms with Crippen molar-refractivity contribution in [2.24, 2.45) is 0 Å². The number of hydrogen-bond acceptors (Lipinski definition) is 3. The number of carbonyl (C=O) groups is 2. The highest BCUT2D eigenvalue weighted by Crippen LogP contribution is 2.38. The maximum absolute atomic E-state index is 12.4. The van der Waals surface area contributed by atoms with E-state index in [2.05, 4.69) is 4.98 Å². The third-order valence-electron chi connectivity index (χ3n) is 4.52. The Kier molecular flexibility index (Phi) is 4.18. The fourth-order valence-corrected chi connectivity index (χ4v) is 3.58. The number of esters is 1. The molecule has 1 aliphatic rings. The van der Waals surface area contributed by atoms with Crippen LogP contribution in [0.4, 0.5) is 0 Å². The molecule has 2 aromatic rings. The molecular formula is C19H22N2O3. The minimum Gasteiger partial charge on any atom is -0.467 e. The monoisotopic (exact) mass is 326 g/mol. The van der Waals surface area contributed by atoms with Crippen molar-refractivity contribution in [1.29, 1.82) is 0 Å². The van der Waals surface area contributed by atoms with Gasteiger partial charge in [-0.25, -0.2) is 4.79 Å². The number of H-pyrrole nitrogens is 1. The van der Waals surface area contributed by atoms with Gasteiger partial charge in [-0.2, -0.15) is 0 Å². The molecule has 0 aliphatic carbocycles. The predicted molar refractivity (Wildman–Crippen MR) is 92.5 cm³/mol. The number of ether oxygens (including phenoxy) is 1. The molecule has 0 saturated heterocycles. The van der Waals surface area contributed by atoms with Crippen molar-refractivity contribution >= 4 is 22.8 Å². The van der Waals surface area contributed by atoms with Crippen molar-refractivity contribution in [1.82, 2.24) is 9.88 Å². The van der Waals surface area contributed by atoms with Crippen molar-refractivity contribution in [3.8, 4) is 0 Å². The van der Waals surface area contributed by atoms with Crippen LogP contribution in [0.1, 0.15) is 37.9 Å². The number of aromatic nitrogens is 1. The highest BCUT2D eigenvalue weighted by Gasteiger charge is 2.38. The number of allylic oxidation sites excluding steroid dienone is 1. The summed E-state index contributed by atoms with van der Waals surface area (Å²) >= 11 is 0. The van der Waals surface area contributed by atoms with Crippen LogP contribution < -0.4 is 0 Å². The summed E-state index contributed by atoms with van der Waals surface area (Å²) in [6.07, 6.45) is 4.40. The summed E-state index contributed by atoms with van der Waals surface area (Å²) in [4.78, 5) is 29.8. The molecule has 5 nitrogen and oxygen atoms in total. The van der Waals surface area contributed by atoms with Gasteiger partial charge in [0.25, 0.3) is 0 Å². The Labute approximate surface area is 141 Å². The Bertz CT molecular complexity index is 830. The van der Waals surface area contributed by atoms with Crippen molar-refractivity contribution in [2.75, 3.05) is 7.11 Å². The van der Waals surface area contributed by atoms with Gasteiger partial charge in [0, 0.05) is 30.4 Å². The van der Waals surface area contributed by atoms with Gasteiger partial charge >= 0.3 is 5.97 Å². The van der Waals surface area contributed by atoms with Crippen LogP contribution in [0.2, 0.25) is 0 Å². The van der Waals surface area contributed by atoms with Crippen LogP contribution in [0.3, 0.4) is 0 Å². The minimum absolute atomic E-state index is 0.140. The zero-order valence-corrected chi connectivity index (χ0v) is 14.4. The number of hydrogen-bond donors (Lipinski definition) is 1. The Morgan fingerprint density at radius 3 is 2.67 bits per heavy atom. The number of carbonyl (C=O) groups excluding carboxylic acids is 2. The Morgan fingerprint density at radius 2 is 2.04 bits per heavy atom. The molecule has 0 fully saturated rings. The first-order chi connectivity index (χ1) is 11.4. The SMILES string of the molecule is COC(=O)[C@@H]1Cc2c[nH]c3cccc(c23)C(C=C(C)C)N1C(C)=O. The lowest BCUT2D eigenvalue weighted by Gasteiger charge is -2.33. The van der Waals surface area contributed by atoms with Gasteiger partial charge < -0.3 is 14.6 Å². The molecule has 1 unspecified atom stereocenters. The van der Waals surface area contributed by atoms with Crippen LogP contribution in [0, 0.1) is 0 Å². The lowest BCUT2D eigenvalue weighted by molar-refractivity contribution is -0.153. The fraction of sp³-hybridized carbons (Fsp3) is 0.368. The number of amides is 1. The van der Waals surface area contributed by atoms with Gasteiger partial charge in [0.1, 0.15) is 6.04 Å². The average molecular weight is 326 g/mol. The van der Waals surface area contributed by atoms with Gasteiger partial charge in [-0.3, -0.25) is 4.79 Å². The fourth-order valence-electron chi connectivity index (χ4n) is 3.58. The maximum Gasteiger partial charge on any atom is 0.328 e. The molecule has 0 bridgehead atoms. The maximum atomic E-state index is 12.4. The van der Waals surface area contributed by atoms with Crippen molar-refractivity contribution in [3.05, 3.63) is 47.2 Å². The molecule has 2 heterocycles. The van der Waals surface area contributed by atoms with Gasteiger partial charge in [0.05, 0.1) is 13.2 Å². The molecule has 2 atom stereocenters. The van der Waals surface area contributed by atoms with E-state index in [1.807, 2.05) is 44.3 Å². The summed E-state index contributed by atoms with van der Waals surface area (Å²) in [6, 6.07) is 5.08. The molecule has 1 N–H and O–H groups in total. The smallest absolute Gasteiger partial charge is 0.328 e. The van der Waals surface area contributed by atoms with Crippen LogP contribution in [-0.4, -0.2) is 34.9 Å².